The van der Waals surface area contributed by atoms with Gasteiger partial charge in [0.1, 0.15) is 16.2 Å². The number of halogens is 3. The fourth-order valence-corrected chi connectivity index (χ4v) is 3.62. The Morgan fingerprint density at radius 3 is 2.39 bits per heavy atom. The molecule has 0 amide bonds. The van der Waals surface area contributed by atoms with Crippen LogP contribution in [0.4, 0.5) is 8.78 Å². The third kappa shape index (κ3) is 3.15. The van der Waals surface area contributed by atoms with E-state index in [9.17, 15) is 8.78 Å². The van der Waals surface area contributed by atoms with Gasteiger partial charge < -0.3 is 4.74 Å². The number of rotatable bonds is 3. The second-order valence-electron chi connectivity index (χ2n) is 5.56. The Bertz CT molecular complexity index is 698. The number of ether oxygens (including phenoxy) is 1. The maximum absolute atomic E-state index is 14.4. The van der Waals surface area contributed by atoms with E-state index in [0.29, 0.717) is 29.8 Å². The zero-order chi connectivity index (χ0) is 16.4. The van der Waals surface area contributed by atoms with Gasteiger partial charge in [0.15, 0.2) is 0 Å². The Morgan fingerprint density at radius 1 is 1.13 bits per heavy atom. The maximum Gasteiger partial charge on any atom is 0.137 e. The minimum Gasteiger partial charge on any atom is -0.381 e. The first-order chi connectivity index (χ1) is 11.1. The van der Waals surface area contributed by atoms with Gasteiger partial charge in [0.05, 0.1) is 11.3 Å². The largest absolute Gasteiger partial charge is 0.381 e. The highest BCUT2D eigenvalue weighted by Crippen LogP contribution is 2.41. The van der Waals surface area contributed by atoms with Gasteiger partial charge in [0, 0.05) is 18.8 Å². The molecule has 2 heterocycles. The van der Waals surface area contributed by atoms with E-state index in [4.69, 9.17) is 4.74 Å². The van der Waals surface area contributed by atoms with Crippen LogP contribution in [0, 0.1) is 11.6 Å². The van der Waals surface area contributed by atoms with Crippen molar-refractivity contribution in [3.05, 3.63) is 45.7 Å². The quantitative estimate of drug-likeness (QED) is 0.775. The van der Waals surface area contributed by atoms with E-state index < -0.39 is 11.6 Å². The van der Waals surface area contributed by atoms with E-state index >= 15 is 0 Å². The number of nitrogens with zero attached hydrogens (tertiary/aromatic N) is 2. The second-order valence-corrected chi connectivity index (χ2v) is 6.31. The summed E-state index contributed by atoms with van der Waals surface area (Å²) in [4.78, 5) is 0. The first-order valence-corrected chi connectivity index (χ1v) is 8.49. The van der Waals surface area contributed by atoms with Crippen LogP contribution in [-0.2, 0) is 11.2 Å². The van der Waals surface area contributed by atoms with Crippen LogP contribution in [0.25, 0.3) is 11.1 Å². The van der Waals surface area contributed by atoms with Crippen LogP contribution in [0.2, 0.25) is 0 Å². The van der Waals surface area contributed by atoms with Gasteiger partial charge in [-0.25, -0.2) is 8.78 Å². The van der Waals surface area contributed by atoms with Crippen LogP contribution in [0.1, 0.15) is 36.9 Å². The molecule has 23 heavy (non-hydrogen) atoms. The lowest BCUT2D eigenvalue weighted by molar-refractivity contribution is 0.0851. The highest BCUT2D eigenvalue weighted by Gasteiger charge is 2.28. The molecule has 1 saturated heterocycles. The van der Waals surface area contributed by atoms with E-state index in [1.54, 1.807) is 0 Å². The molecule has 3 rings (SSSR count). The van der Waals surface area contributed by atoms with Crippen LogP contribution >= 0.6 is 15.9 Å². The third-order valence-electron chi connectivity index (χ3n) is 4.22. The molecule has 0 aliphatic carbocycles. The molecule has 1 aromatic carbocycles. The van der Waals surface area contributed by atoms with Crippen molar-refractivity contribution in [2.24, 2.45) is 0 Å². The number of aromatic nitrogens is 2. The minimum absolute atomic E-state index is 0.0366. The van der Waals surface area contributed by atoms with Gasteiger partial charge in [-0.1, -0.05) is 13.0 Å². The van der Waals surface area contributed by atoms with Crippen molar-refractivity contribution in [2.75, 3.05) is 13.2 Å². The summed E-state index contributed by atoms with van der Waals surface area (Å²) in [6, 6.07) is 3.90. The monoisotopic (exact) mass is 382 g/mol. The van der Waals surface area contributed by atoms with Gasteiger partial charge in [-0.15, -0.1) is 5.10 Å². The smallest absolute Gasteiger partial charge is 0.137 e. The van der Waals surface area contributed by atoms with Gasteiger partial charge in [-0.3, -0.25) is 0 Å². The van der Waals surface area contributed by atoms with Gasteiger partial charge in [-0.2, -0.15) is 5.10 Å². The summed E-state index contributed by atoms with van der Waals surface area (Å²) in [7, 11) is 0. The molecular formula is C17H17BrF2N2O. The summed E-state index contributed by atoms with van der Waals surface area (Å²) in [6.45, 7) is 3.27. The topological polar surface area (TPSA) is 35.0 Å². The summed E-state index contributed by atoms with van der Waals surface area (Å²) in [5.41, 5.74) is 2.13. The van der Waals surface area contributed by atoms with Gasteiger partial charge in [-0.05, 0) is 58.8 Å². The lowest BCUT2D eigenvalue weighted by atomic mass is 9.85. The predicted molar refractivity (Wildman–Crippen MR) is 87.3 cm³/mol. The van der Waals surface area contributed by atoms with Crippen molar-refractivity contribution in [1.29, 1.82) is 0 Å². The van der Waals surface area contributed by atoms with E-state index in [1.807, 2.05) is 6.92 Å². The maximum atomic E-state index is 14.4. The van der Waals surface area contributed by atoms with Crippen LogP contribution in [0.3, 0.4) is 0 Å². The van der Waals surface area contributed by atoms with Crippen molar-refractivity contribution in [1.82, 2.24) is 10.2 Å². The molecule has 0 atom stereocenters. The number of benzene rings is 1. The standard InChI is InChI=1S/C17H17BrF2N2O/c1-2-13-14(10-6-8-23-9-7-10)16(17(18)22-21-13)15-11(19)4-3-5-12(15)20/h3-5,10H,2,6-9H2,1H3. The molecule has 0 unspecified atom stereocenters. The molecule has 1 fully saturated rings. The Morgan fingerprint density at radius 2 is 1.78 bits per heavy atom. The van der Waals surface area contributed by atoms with Gasteiger partial charge in [0.25, 0.3) is 0 Å². The lowest BCUT2D eigenvalue weighted by Gasteiger charge is -2.26. The normalized spacial score (nSPS) is 15.8. The fraction of sp³-hybridized carbons (Fsp3) is 0.412. The third-order valence-corrected chi connectivity index (χ3v) is 4.78. The SMILES string of the molecule is CCc1nnc(Br)c(-c2c(F)cccc2F)c1C1CCOCC1. The fourth-order valence-electron chi connectivity index (χ4n) is 3.13. The van der Waals surface area contributed by atoms with Gasteiger partial charge in [0.2, 0.25) is 0 Å². The first kappa shape index (κ1) is 16.5. The summed E-state index contributed by atoms with van der Waals surface area (Å²) >= 11 is 3.34. The van der Waals surface area contributed by atoms with Crippen LogP contribution in [0.5, 0.6) is 0 Å². The Kier molecular flexibility index (Phi) is 5.02. The lowest BCUT2D eigenvalue weighted by Crippen LogP contribution is -2.18. The molecule has 0 spiro atoms. The van der Waals surface area contributed by atoms with Crippen molar-refractivity contribution < 1.29 is 13.5 Å². The van der Waals surface area contributed by atoms with Crippen molar-refractivity contribution in [3.63, 3.8) is 0 Å². The molecule has 0 bridgehead atoms. The highest BCUT2D eigenvalue weighted by atomic mass is 79.9. The Balaban J connectivity index is 2.26. The average Bonchev–Trinajstić information content (AvgIpc) is 2.56. The minimum atomic E-state index is -0.589. The second kappa shape index (κ2) is 7.01. The molecule has 2 aromatic rings. The molecule has 3 nitrogen and oxygen atoms in total. The first-order valence-electron chi connectivity index (χ1n) is 7.70. The Labute approximate surface area is 142 Å². The van der Waals surface area contributed by atoms with E-state index in [-0.39, 0.29) is 11.5 Å². The Hall–Kier alpha value is -1.40. The summed E-state index contributed by atoms with van der Waals surface area (Å²) in [5.74, 6) is -1.01. The molecule has 0 saturated carbocycles. The number of hydrogen-bond acceptors (Lipinski definition) is 3. The zero-order valence-corrected chi connectivity index (χ0v) is 14.4. The van der Waals surface area contributed by atoms with E-state index in [1.165, 1.54) is 18.2 Å². The van der Waals surface area contributed by atoms with Crippen LogP contribution in [0.15, 0.2) is 22.8 Å². The molecule has 122 valence electrons. The van der Waals surface area contributed by atoms with Crippen molar-refractivity contribution >= 4 is 15.9 Å². The molecule has 0 radical (unpaired) electrons. The molecule has 6 heteroatoms. The van der Waals surface area contributed by atoms with Crippen molar-refractivity contribution in [2.45, 2.75) is 32.1 Å². The number of hydrogen-bond donors (Lipinski definition) is 0. The molecule has 0 N–H and O–H groups in total. The highest BCUT2D eigenvalue weighted by molar-refractivity contribution is 9.10. The zero-order valence-electron chi connectivity index (χ0n) is 12.8. The summed E-state index contributed by atoms with van der Waals surface area (Å²) < 4.78 is 34.5. The molecule has 1 aromatic heterocycles. The number of aryl methyl sites for hydroxylation is 1. The van der Waals surface area contributed by atoms with Gasteiger partial charge >= 0.3 is 0 Å². The summed E-state index contributed by atoms with van der Waals surface area (Å²) in [5, 5.41) is 8.30. The van der Waals surface area contributed by atoms with E-state index in [2.05, 4.69) is 26.1 Å². The molecule has 1 aliphatic heterocycles. The molecular weight excluding hydrogens is 366 g/mol. The average molecular weight is 383 g/mol. The van der Waals surface area contributed by atoms with Crippen LogP contribution in [-0.4, -0.2) is 23.4 Å². The predicted octanol–water partition coefficient (Wildman–Crippen LogP) is 4.64. The summed E-state index contributed by atoms with van der Waals surface area (Å²) in [6.07, 6.45) is 2.29. The van der Waals surface area contributed by atoms with Crippen molar-refractivity contribution in [3.8, 4) is 11.1 Å². The molecule has 1 aliphatic rings. The van der Waals surface area contributed by atoms with Crippen LogP contribution < -0.4 is 0 Å². The van der Waals surface area contributed by atoms with E-state index in [0.717, 1.165) is 24.1 Å².